The molecule has 3 fully saturated rings. The number of Topliss-reactive ketones (excluding diaryl/α,β-unsaturated/α-hetero) is 2. The van der Waals surface area contributed by atoms with E-state index in [9.17, 15) is 14.0 Å². The molecule has 0 N–H and O–H groups in total. The van der Waals surface area contributed by atoms with Gasteiger partial charge in [0.15, 0.2) is 34.6 Å². The summed E-state index contributed by atoms with van der Waals surface area (Å²) < 4.78 is 51.9. The van der Waals surface area contributed by atoms with E-state index >= 15 is 4.39 Å². The number of ketones is 2. The second kappa shape index (κ2) is 13.0. The number of nitrogens with zero attached hydrogens (tertiary/aromatic N) is 2. The average Bonchev–Trinajstić information content (AvgIpc) is 4.02. The predicted molar refractivity (Wildman–Crippen MR) is 170 cm³/mol. The van der Waals surface area contributed by atoms with Crippen LogP contribution in [-0.2, 0) is 27.2 Å². The van der Waals surface area contributed by atoms with Crippen LogP contribution in [0, 0.1) is 23.0 Å². The normalized spacial score (nSPS) is 20.1. The quantitative estimate of drug-likeness (QED) is 0.161. The van der Waals surface area contributed by atoms with Gasteiger partial charge in [-0.2, -0.15) is 0 Å². The largest absolute Gasteiger partial charge is 0.493 e. The van der Waals surface area contributed by atoms with E-state index in [4.69, 9.17) is 18.9 Å². The molecule has 2 saturated carbocycles. The molecule has 10 heteroatoms. The van der Waals surface area contributed by atoms with E-state index in [1.165, 1.54) is 24.3 Å². The lowest BCUT2D eigenvalue weighted by atomic mass is 9.88. The summed E-state index contributed by atoms with van der Waals surface area (Å²) >= 11 is 0. The van der Waals surface area contributed by atoms with Crippen molar-refractivity contribution in [2.45, 2.75) is 38.1 Å². The van der Waals surface area contributed by atoms with E-state index < -0.39 is 11.2 Å². The van der Waals surface area contributed by atoms with Crippen LogP contribution in [0.4, 0.5) is 8.78 Å². The minimum absolute atomic E-state index is 0.00981. The molecule has 244 valence electrons. The van der Waals surface area contributed by atoms with Gasteiger partial charge < -0.3 is 18.9 Å². The lowest BCUT2D eigenvalue weighted by Gasteiger charge is -2.27. The molecule has 0 bridgehead atoms. The molecule has 1 saturated heterocycles. The Balaban J connectivity index is 1.01. The molecule has 0 amide bonds. The van der Waals surface area contributed by atoms with E-state index in [1.54, 1.807) is 43.6 Å². The average molecular weight is 643 g/mol. The topological polar surface area (TPSA) is 87.2 Å². The van der Waals surface area contributed by atoms with E-state index in [-0.39, 0.29) is 36.0 Å². The second-order valence-corrected chi connectivity index (χ2v) is 12.6. The number of hydrogen-bond donors (Lipinski definition) is 0. The Kier molecular flexibility index (Phi) is 8.63. The number of halogens is 2. The molecule has 2 unspecified atom stereocenters. The Morgan fingerprint density at radius 2 is 1.62 bits per heavy atom. The fourth-order valence-corrected chi connectivity index (χ4v) is 6.46. The van der Waals surface area contributed by atoms with E-state index in [2.05, 4.69) is 9.88 Å². The molecule has 2 aliphatic carbocycles. The van der Waals surface area contributed by atoms with Crippen LogP contribution >= 0.6 is 0 Å². The minimum Gasteiger partial charge on any atom is -0.493 e. The predicted octanol–water partition coefficient (Wildman–Crippen LogP) is 6.12. The number of methoxy groups -OCH3 is 1. The van der Waals surface area contributed by atoms with Crippen molar-refractivity contribution in [3.63, 3.8) is 0 Å². The summed E-state index contributed by atoms with van der Waals surface area (Å²) in [6.07, 6.45) is 3.61. The van der Waals surface area contributed by atoms with Gasteiger partial charge >= 0.3 is 0 Å². The molecule has 47 heavy (non-hydrogen) atoms. The summed E-state index contributed by atoms with van der Waals surface area (Å²) in [5, 5.41) is 0.628. The summed E-state index contributed by atoms with van der Waals surface area (Å²) in [6.45, 7) is 4.03. The number of ether oxygens (including phenoxy) is 4. The first-order valence-corrected chi connectivity index (χ1v) is 16.0. The monoisotopic (exact) mass is 642 g/mol. The van der Waals surface area contributed by atoms with Gasteiger partial charge in [0.1, 0.15) is 11.6 Å². The molecular formula is C37H36F2N2O6. The first kappa shape index (κ1) is 31.2. The molecule has 2 atom stereocenters. The third-order valence-electron chi connectivity index (χ3n) is 9.52. The van der Waals surface area contributed by atoms with Crippen molar-refractivity contribution in [2.24, 2.45) is 11.3 Å². The fraction of sp³-hybridized carbons (Fsp3) is 0.378. The highest BCUT2D eigenvalue weighted by atomic mass is 19.1. The maximum absolute atomic E-state index is 15.3. The maximum atomic E-state index is 15.3. The van der Waals surface area contributed by atoms with Gasteiger partial charge in [-0.1, -0.05) is 18.2 Å². The SMILES string of the molecule is COc1cc2c(Oc3ccc(CC(=O)C4(C(=O)Cc5ccc(F)cc5)CC4)cc3F)ccnc2cc1OCC1CC1N1CCOCC1. The molecule has 0 radical (unpaired) electrons. The number of hydrogen-bond acceptors (Lipinski definition) is 8. The Morgan fingerprint density at radius 1 is 0.894 bits per heavy atom. The van der Waals surface area contributed by atoms with Gasteiger partial charge in [0.05, 0.1) is 37.9 Å². The Labute approximate surface area is 271 Å². The first-order valence-electron chi connectivity index (χ1n) is 16.0. The summed E-state index contributed by atoms with van der Waals surface area (Å²) in [6, 6.07) is 15.8. The molecule has 8 nitrogen and oxygen atoms in total. The number of carbonyl (C=O) groups excluding carboxylic acids is 2. The zero-order valence-corrected chi connectivity index (χ0v) is 26.2. The Hall–Kier alpha value is -4.41. The minimum atomic E-state index is -1.05. The van der Waals surface area contributed by atoms with Crippen molar-refractivity contribution >= 4 is 22.5 Å². The van der Waals surface area contributed by atoms with Crippen LogP contribution in [0.2, 0.25) is 0 Å². The van der Waals surface area contributed by atoms with Crippen molar-refractivity contribution in [3.05, 3.63) is 89.6 Å². The van der Waals surface area contributed by atoms with Gasteiger partial charge in [0, 0.05) is 55.5 Å². The molecule has 4 aromatic rings. The van der Waals surface area contributed by atoms with E-state index in [0.29, 0.717) is 70.7 Å². The second-order valence-electron chi connectivity index (χ2n) is 12.6. The summed E-state index contributed by atoms with van der Waals surface area (Å²) in [7, 11) is 1.57. The van der Waals surface area contributed by atoms with Crippen LogP contribution in [0.1, 0.15) is 30.4 Å². The molecule has 1 aromatic heterocycles. The highest BCUT2D eigenvalue weighted by molar-refractivity contribution is 6.11. The third-order valence-corrected chi connectivity index (χ3v) is 9.52. The van der Waals surface area contributed by atoms with Gasteiger partial charge in [-0.25, -0.2) is 8.78 Å². The van der Waals surface area contributed by atoms with Crippen molar-refractivity contribution in [2.75, 3.05) is 40.0 Å². The zero-order valence-electron chi connectivity index (χ0n) is 26.2. The standard InChI is InChI=1S/C37H36F2N2O6/c1-44-33-20-27-29(21-34(33)46-22-25-19-30(25)41-12-14-45-15-13-41)40-11-8-31(27)47-32-7-4-24(16-28(32)39)18-36(43)37(9-10-37)35(42)17-23-2-5-26(38)6-3-23/h2-8,11,16,20-21,25,30H,9-10,12-15,17-19,22H2,1H3. The summed E-state index contributed by atoms with van der Waals surface area (Å²) in [5.41, 5.74) is 0.668. The number of pyridine rings is 1. The van der Waals surface area contributed by atoms with Crippen molar-refractivity contribution in [1.29, 1.82) is 0 Å². The number of fused-ring (bicyclic) bond motifs is 1. The zero-order chi connectivity index (χ0) is 32.5. The molecule has 1 aliphatic heterocycles. The fourth-order valence-electron chi connectivity index (χ4n) is 6.46. The number of carbonyl (C=O) groups is 2. The third kappa shape index (κ3) is 6.71. The molecule has 3 aromatic carbocycles. The highest BCUT2D eigenvalue weighted by Crippen LogP contribution is 2.49. The Bertz CT molecular complexity index is 1800. The molecular weight excluding hydrogens is 606 g/mol. The van der Waals surface area contributed by atoms with Crippen LogP contribution in [0.15, 0.2) is 66.9 Å². The molecule has 7 rings (SSSR count). The van der Waals surface area contributed by atoms with E-state index in [1.807, 2.05) is 6.07 Å². The lowest BCUT2D eigenvalue weighted by molar-refractivity contribution is -0.133. The van der Waals surface area contributed by atoms with Crippen LogP contribution in [-0.4, -0.2) is 67.5 Å². The highest BCUT2D eigenvalue weighted by Gasteiger charge is 2.54. The number of benzene rings is 3. The van der Waals surface area contributed by atoms with Gasteiger partial charge in [-0.05, 0) is 66.8 Å². The van der Waals surface area contributed by atoms with Crippen molar-refractivity contribution < 1.29 is 37.3 Å². The van der Waals surface area contributed by atoms with Crippen LogP contribution in [0.3, 0.4) is 0 Å². The number of aromatic nitrogens is 1. The van der Waals surface area contributed by atoms with Crippen molar-refractivity contribution in [1.82, 2.24) is 9.88 Å². The van der Waals surface area contributed by atoms with Crippen LogP contribution in [0.5, 0.6) is 23.0 Å². The van der Waals surface area contributed by atoms with Crippen LogP contribution in [0.25, 0.3) is 10.9 Å². The summed E-state index contributed by atoms with van der Waals surface area (Å²) in [4.78, 5) is 33.2. The molecule has 3 aliphatic rings. The van der Waals surface area contributed by atoms with Gasteiger partial charge in [-0.15, -0.1) is 0 Å². The van der Waals surface area contributed by atoms with Gasteiger partial charge in [0.2, 0.25) is 0 Å². The lowest BCUT2D eigenvalue weighted by Crippen LogP contribution is -2.38. The first-order chi connectivity index (χ1) is 22.8. The smallest absolute Gasteiger partial charge is 0.166 e. The van der Waals surface area contributed by atoms with Gasteiger partial charge in [-0.3, -0.25) is 19.5 Å². The maximum Gasteiger partial charge on any atom is 0.166 e. The summed E-state index contributed by atoms with van der Waals surface area (Å²) in [5.74, 6) is 0.505. The Morgan fingerprint density at radius 3 is 2.32 bits per heavy atom. The molecule has 2 heterocycles. The number of rotatable bonds is 13. The van der Waals surface area contributed by atoms with Crippen molar-refractivity contribution in [3.8, 4) is 23.0 Å². The van der Waals surface area contributed by atoms with Gasteiger partial charge in [0.25, 0.3) is 0 Å². The molecule has 0 spiro atoms. The van der Waals surface area contributed by atoms with E-state index in [0.717, 1.165) is 32.7 Å². The van der Waals surface area contributed by atoms with Crippen LogP contribution < -0.4 is 14.2 Å². The number of morpholine rings is 1.